The van der Waals surface area contributed by atoms with Crippen molar-refractivity contribution < 1.29 is 9.59 Å². The highest BCUT2D eigenvalue weighted by Crippen LogP contribution is 2.09. The van der Waals surface area contributed by atoms with Crippen molar-refractivity contribution in [1.29, 1.82) is 0 Å². The van der Waals surface area contributed by atoms with Gasteiger partial charge in [-0.25, -0.2) is 0 Å². The van der Waals surface area contributed by atoms with Gasteiger partial charge in [0.25, 0.3) is 11.7 Å². The lowest BCUT2D eigenvalue weighted by molar-refractivity contribution is -0.124. The third-order valence-electron chi connectivity index (χ3n) is 1.35. The smallest absolute Gasteiger partial charge is 0.295 e. The summed E-state index contributed by atoms with van der Waals surface area (Å²) in [5.41, 5.74) is 0. The van der Waals surface area contributed by atoms with Crippen LogP contribution in [0.4, 0.5) is 0 Å². The van der Waals surface area contributed by atoms with Crippen molar-refractivity contribution in [2.75, 3.05) is 14.1 Å². The molecular weight excluding hydrogens is 174 g/mol. The summed E-state index contributed by atoms with van der Waals surface area (Å²) in [5, 5.41) is 1.77. The van der Waals surface area contributed by atoms with Gasteiger partial charge in [-0.1, -0.05) is 6.07 Å². The quantitative estimate of drug-likeness (QED) is 0.507. The van der Waals surface area contributed by atoms with Gasteiger partial charge in [-0.05, 0) is 11.4 Å². The van der Waals surface area contributed by atoms with Gasteiger partial charge in [-0.15, -0.1) is 11.3 Å². The summed E-state index contributed by atoms with van der Waals surface area (Å²) in [7, 11) is 3.13. The molecule has 0 spiro atoms. The highest BCUT2D eigenvalue weighted by atomic mass is 32.1. The third kappa shape index (κ3) is 1.71. The molecule has 0 bridgehead atoms. The molecule has 3 nitrogen and oxygen atoms in total. The van der Waals surface area contributed by atoms with Crippen LogP contribution in [0.5, 0.6) is 0 Å². The molecule has 12 heavy (non-hydrogen) atoms. The highest BCUT2D eigenvalue weighted by molar-refractivity contribution is 7.12. The Labute approximate surface area is 74.6 Å². The molecule has 1 aromatic rings. The van der Waals surface area contributed by atoms with Gasteiger partial charge in [0, 0.05) is 14.1 Å². The van der Waals surface area contributed by atoms with Crippen molar-refractivity contribution in [1.82, 2.24) is 4.90 Å². The number of rotatable bonds is 2. The van der Waals surface area contributed by atoms with E-state index < -0.39 is 11.7 Å². The van der Waals surface area contributed by atoms with E-state index in [2.05, 4.69) is 0 Å². The SMILES string of the molecule is CN(C)C(=O)C(=O)c1cccs1. The van der Waals surface area contributed by atoms with Gasteiger partial charge in [0.05, 0.1) is 4.88 Å². The second-order valence-corrected chi connectivity index (χ2v) is 3.45. The van der Waals surface area contributed by atoms with E-state index in [-0.39, 0.29) is 0 Å². The second kappa shape index (κ2) is 3.49. The summed E-state index contributed by atoms with van der Waals surface area (Å²) in [6.07, 6.45) is 0. The maximum atomic E-state index is 11.3. The first kappa shape index (κ1) is 8.93. The van der Waals surface area contributed by atoms with Crippen LogP contribution >= 0.6 is 11.3 Å². The van der Waals surface area contributed by atoms with Crippen molar-refractivity contribution in [3.8, 4) is 0 Å². The summed E-state index contributed by atoms with van der Waals surface area (Å²) in [6, 6.07) is 3.40. The number of likely N-dealkylation sites (N-methyl/N-ethyl adjacent to an activating group) is 1. The number of hydrogen-bond donors (Lipinski definition) is 0. The predicted molar refractivity (Wildman–Crippen MR) is 47.3 cm³/mol. The van der Waals surface area contributed by atoms with Crippen LogP contribution in [0, 0.1) is 0 Å². The molecule has 64 valence electrons. The fourth-order valence-corrected chi connectivity index (χ4v) is 1.37. The minimum Gasteiger partial charge on any atom is -0.342 e. The zero-order chi connectivity index (χ0) is 9.14. The molecular formula is C8H9NO2S. The van der Waals surface area contributed by atoms with Gasteiger partial charge >= 0.3 is 0 Å². The number of thiophene rings is 1. The lowest BCUT2D eigenvalue weighted by Gasteiger charge is -2.06. The molecule has 0 fully saturated rings. The number of ketones is 1. The zero-order valence-corrected chi connectivity index (χ0v) is 7.72. The Bertz CT molecular complexity index is 290. The second-order valence-electron chi connectivity index (χ2n) is 2.51. The normalized spacial score (nSPS) is 9.50. The van der Waals surface area contributed by atoms with E-state index in [1.165, 1.54) is 16.2 Å². The zero-order valence-electron chi connectivity index (χ0n) is 6.90. The Morgan fingerprint density at radius 2 is 2.08 bits per heavy atom. The summed E-state index contributed by atoms with van der Waals surface area (Å²) in [4.78, 5) is 24.2. The number of carbonyl (C=O) groups excluding carboxylic acids is 2. The van der Waals surface area contributed by atoms with Crippen molar-refractivity contribution in [2.45, 2.75) is 0 Å². The maximum absolute atomic E-state index is 11.3. The van der Waals surface area contributed by atoms with E-state index in [0.29, 0.717) is 4.88 Å². The van der Waals surface area contributed by atoms with Gasteiger partial charge in [-0.3, -0.25) is 9.59 Å². The number of Topliss-reactive ketones (excluding diaryl/α,β-unsaturated/α-hetero) is 1. The van der Waals surface area contributed by atoms with Crippen LogP contribution in [0.3, 0.4) is 0 Å². The number of hydrogen-bond acceptors (Lipinski definition) is 3. The number of amides is 1. The highest BCUT2D eigenvalue weighted by Gasteiger charge is 2.18. The first-order chi connectivity index (χ1) is 5.63. The monoisotopic (exact) mass is 183 g/mol. The molecule has 0 unspecified atom stereocenters. The topological polar surface area (TPSA) is 37.4 Å². The van der Waals surface area contributed by atoms with Crippen molar-refractivity contribution in [3.63, 3.8) is 0 Å². The Kier molecular flexibility index (Phi) is 2.60. The van der Waals surface area contributed by atoms with Crippen LogP contribution in [0.25, 0.3) is 0 Å². The largest absolute Gasteiger partial charge is 0.342 e. The molecule has 0 atom stereocenters. The molecule has 0 aliphatic carbocycles. The molecule has 0 aromatic carbocycles. The van der Waals surface area contributed by atoms with Crippen LogP contribution in [0.2, 0.25) is 0 Å². The minimum absolute atomic E-state index is 0.435. The maximum Gasteiger partial charge on any atom is 0.295 e. The van der Waals surface area contributed by atoms with Crippen LogP contribution in [0.1, 0.15) is 9.67 Å². The molecule has 0 saturated carbocycles. The van der Waals surface area contributed by atoms with E-state index in [9.17, 15) is 9.59 Å². The number of nitrogens with zero attached hydrogens (tertiary/aromatic N) is 1. The Morgan fingerprint density at radius 1 is 1.42 bits per heavy atom. The van der Waals surface area contributed by atoms with E-state index in [1.807, 2.05) is 0 Å². The average Bonchev–Trinajstić information content (AvgIpc) is 2.53. The number of carbonyl (C=O) groups is 2. The molecule has 0 N–H and O–H groups in total. The van der Waals surface area contributed by atoms with Crippen LogP contribution in [0.15, 0.2) is 17.5 Å². The standard InChI is InChI=1S/C8H9NO2S/c1-9(2)8(11)7(10)6-4-3-5-12-6/h3-5H,1-2H3. The Morgan fingerprint density at radius 3 is 2.50 bits per heavy atom. The molecule has 0 aliphatic heterocycles. The Balaban J connectivity index is 2.80. The minimum atomic E-state index is -0.475. The van der Waals surface area contributed by atoms with Gasteiger partial charge in [0.15, 0.2) is 0 Å². The van der Waals surface area contributed by atoms with Crippen LogP contribution in [-0.4, -0.2) is 30.7 Å². The molecule has 0 aliphatic rings. The van der Waals surface area contributed by atoms with Gasteiger partial charge in [0.2, 0.25) is 0 Å². The Hall–Kier alpha value is -1.16. The lowest BCUT2D eigenvalue weighted by atomic mass is 10.3. The van der Waals surface area contributed by atoms with E-state index in [4.69, 9.17) is 0 Å². The molecule has 1 rings (SSSR count). The molecule has 0 radical (unpaired) electrons. The average molecular weight is 183 g/mol. The van der Waals surface area contributed by atoms with Crippen molar-refractivity contribution >= 4 is 23.0 Å². The van der Waals surface area contributed by atoms with Gasteiger partial charge < -0.3 is 4.90 Å². The fraction of sp³-hybridized carbons (Fsp3) is 0.250. The summed E-state index contributed by atoms with van der Waals surface area (Å²) < 4.78 is 0. The third-order valence-corrected chi connectivity index (χ3v) is 2.21. The van der Waals surface area contributed by atoms with Crippen LogP contribution in [-0.2, 0) is 4.79 Å². The van der Waals surface area contributed by atoms with Gasteiger partial charge in [0.1, 0.15) is 0 Å². The molecule has 4 heteroatoms. The van der Waals surface area contributed by atoms with Crippen molar-refractivity contribution in [2.24, 2.45) is 0 Å². The fourth-order valence-electron chi connectivity index (χ4n) is 0.716. The lowest BCUT2D eigenvalue weighted by Crippen LogP contribution is -2.29. The summed E-state index contributed by atoms with van der Waals surface area (Å²) in [5.74, 6) is -0.910. The van der Waals surface area contributed by atoms with Crippen LogP contribution < -0.4 is 0 Å². The van der Waals surface area contributed by atoms with E-state index >= 15 is 0 Å². The van der Waals surface area contributed by atoms with Crippen molar-refractivity contribution in [3.05, 3.63) is 22.4 Å². The summed E-state index contributed by atoms with van der Waals surface area (Å²) >= 11 is 1.28. The predicted octanol–water partition coefficient (Wildman–Crippen LogP) is 1.02. The molecule has 1 heterocycles. The first-order valence-electron chi connectivity index (χ1n) is 3.42. The first-order valence-corrected chi connectivity index (χ1v) is 4.30. The van der Waals surface area contributed by atoms with Gasteiger partial charge in [-0.2, -0.15) is 0 Å². The summed E-state index contributed by atoms with van der Waals surface area (Å²) in [6.45, 7) is 0. The molecule has 1 aromatic heterocycles. The molecule has 1 amide bonds. The molecule has 0 saturated heterocycles. The van der Waals surface area contributed by atoms with E-state index in [0.717, 1.165) is 0 Å². The van der Waals surface area contributed by atoms with E-state index in [1.54, 1.807) is 31.6 Å².